The normalized spacial score (nSPS) is 15.9. The first-order valence-electron chi connectivity index (χ1n) is 35.7. The van der Waals surface area contributed by atoms with Crippen LogP contribution in [0.3, 0.4) is 0 Å². The number of alkyl halides is 1. The van der Waals surface area contributed by atoms with E-state index in [0.717, 1.165) is 157 Å². The maximum absolute atomic E-state index is 9.96. The maximum Gasteiger partial charge on any atom is 0.160 e. The summed E-state index contributed by atoms with van der Waals surface area (Å²) in [6, 6.07) is 104. The van der Waals surface area contributed by atoms with Crippen LogP contribution in [0, 0.1) is 11.3 Å². The van der Waals surface area contributed by atoms with Gasteiger partial charge in [0.25, 0.3) is 0 Å². The first kappa shape index (κ1) is 60.5. The third kappa shape index (κ3) is 10.3. The molecule has 13 aromatic carbocycles. The Labute approximate surface area is 601 Å². The number of fused-ring (bicyclic) bond motifs is 13. The molecule has 2 unspecified atom stereocenters. The average molecular weight is 1340 g/mol. The fourth-order valence-corrected chi connectivity index (χ4v) is 17.4. The largest absolute Gasteiger partial charge is 0.456 e. The van der Waals surface area contributed by atoms with E-state index in [0.29, 0.717) is 12.2 Å². The minimum absolute atomic E-state index is 0.0609. The van der Waals surface area contributed by atoms with E-state index in [1.165, 1.54) is 69.0 Å². The molecule has 1 N–H and O–H groups in total. The first-order valence-corrected chi connectivity index (χ1v) is 36.1. The molecular weight excluding hydrogens is 1280 g/mol. The number of aromatic nitrogens is 2. The molecule has 1 aliphatic heterocycles. The van der Waals surface area contributed by atoms with Gasteiger partial charge >= 0.3 is 0 Å². The van der Waals surface area contributed by atoms with Gasteiger partial charge in [-0.3, -0.25) is 4.99 Å². The van der Waals surface area contributed by atoms with E-state index >= 15 is 0 Å². The van der Waals surface area contributed by atoms with Gasteiger partial charge in [0.15, 0.2) is 5.82 Å². The topological polar surface area (TPSA) is 100 Å². The Hall–Kier alpha value is -12.5. The Morgan fingerprint density at radius 2 is 0.942 bits per heavy atom. The van der Waals surface area contributed by atoms with E-state index in [2.05, 4.69) is 266 Å². The summed E-state index contributed by atoms with van der Waals surface area (Å²) in [6.07, 6.45) is 10.7. The molecule has 7 nitrogen and oxygen atoms in total. The van der Waals surface area contributed by atoms with Crippen molar-refractivity contribution >= 4 is 83.2 Å². The van der Waals surface area contributed by atoms with Crippen LogP contribution in [0.2, 0.25) is 0 Å². The van der Waals surface area contributed by atoms with Crippen molar-refractivity contribution in [3.05, 3.63) is 347 Å². The lowest BCUT2D eigenvalue weighted by Gasteiger charge is -2.36. The number of hydrogen-bond acceptors (Lipinski definition) is 7. The minimum Gasteiger partial charge on any atom is -0.456 e. The predicted octanol–water partition coefficient (Wildman–Crippen LogP) is 24.8. The van der Waals surface area contributed by atoms with Crippen LogP contribution in [0.1, 0.15) is 100 Å². The predicted molar refractivity (Wildman–Crippen MR) is 421 cm³/mol. The highest BCUT2D eigenvalue weighted by molar-refractivity contribution is 6.22. The van der Waals surface area contributed by atoms with E-state index in [1.807, 2.05) is 42.5 Å². The molecule has 2 atom stereocenters. The summed E-state index contributed by atoms with van der Waals surface area (Å²) in [5.41, 5.74) is 30.2. The molecule has 1 saturated carbocycles. The highest BCUT2D eigenvalue weighted by Crippen LogP contribution is 2.57. The molecular formula is C95H64ClN5O2. The molecule has 0 radical (unpaired) electrons. The zero-order valence-electron chi connectivity index (χ0n) is 56.2. The van der Waals surface area contributed by atoms with Crippen molar-refractivity contribution in [2.75, 3.05) is 0 Å². The molecule has 20 rings (SSSR count). The second kappa shape index (κ2) is 24.4. The van der Waals surface area contributed by atoms with Gasteiger partial charge in [0, 0.05) is 54.9 Å². The van der Waals surface area contributed by atoms with E-state index < -0.39 is 0 Å². The van der Waals surface area contributed by atoms with Gasteiger partial charge in [-0.05, 0) is 192 Å². The van der Waals surface area contributed by atoms with Gasteiger partial charge in [-0.1, -0.05) is 244 Å². The zero-order chi connectivity index (χ0) is 68.3. The molecule has 0 bridgehead atoms. The van der Waals surface area contributed by atoms with Gasteiger partial charge in [-0.15, -0.1) is 11.6 Å². The van der Waals surface area contributed by atoms with E-state index in [4.69, 9.17) is 35.4 Å². The zero-order valence-corrected chi connectivity index (χ0v) is 56.9. The third-order valence-electron chi connectivity index (χ3n) is 22.1. The summed E-state index contributed by atoms with van der Waals surface area (Å²) < 4.78 is 13.2. The van der Waals surface area contributed by atoms with Gasteiger partial charge in [-0.2, -0.15) is 5.26 Å². The Balaban J connectivity index is 0.591. The quantitative estimate of drug-likeness (QED) is 0.137. The average Bonchev–Trinajstić information content (AvgIpc) is 1.57. The lowest BCUT2D eigenvalue weighted by atomic mass is 9.67. The molecule has 103 heavy (non-hydrogen) atoms. The number of benzene rings is 13. The number of furan rings is 2. The van der Waals surface area contributed by atoms with Crippen molar-refractivity contribution in [3.8, 4) is 84.5 Å². The number of aliphatic imine (C=N–C) groups is 1. The van der Waals surface area contributed by atoms with Crippen LogP contribution in [0.4, 0.5) is 0 Å². The van der Waals surface area contributed by atoms with Crippen molar-refractivity contribution in [2.45, 2.75) is 55.5 Å². The molecule has 0 saturated heterocycles. The number of allylic oxidation sites excluding steroid dienone is 2. The molecule has 3 aliphatic carbocycles. The van der Waals surface area contributed by atoms with Crippen LogP contribution in [0.25, 0.3) is 144 Å². The highest BCUT2D eigenvalue weighted by Gasteiger charge is 2.44. The van der Waals surface area contributed by atoms with Crippen LogP contribution < -0.4 is 5.32 Å². The van der Waals surface area contributed by atoms with E-state index in [9.17, 15) is 5.26 Å². The molecule has 488 valence electrons. The van der Waals surface area contributed by atoms with Gasteiger partial charge in [0.05, 0.1) is 34.1 Å². The molecule has 8 heteroatoms. The Morgan fingerprint density at radius 1 is 0.408 bits per heavy atom. The summed E-state index contributed by atoms with van der Waals surface area (Å²) in [5, 5.41) is 20.2. The van der Waals surface area contributed by atoms with Crippen molar-refractivity contribution in [1.29, 1.82) is 5.26 Å². The monoisotopic (exact) mass is 1340 g/mol. The smallest absolute Gasteiger partial charge is 0.160 e. The lowest BCUT2D eigenvalue weighted by Crippen LogP contribution is -2.28. The summed E-state index contributed by atoms with van der Waals surface area (Å²) in [5.74, 6) is 0.647. The first-order chi connectivity index (χ1) is 50.8. The lowest BCUT2D eigenvalue weighted by molar-refractivity contribution is 0.353. The summed E-state index contributed by atoms with van der Waals surface area (Å²) >= 11 is 7.42. The molecule has 16 aromatic rings. The van der Waals surface area contributed by atoms with Gasteiger partial charge < -0.3 is 14.2 Å². The molecule has 4 heterocycles. The number of nitrogens with one attached hydrogen (secondary N) is 1. The Kier molecular flexibility index (Phi) is 14.3. The number of hydrogen-bond donors (Lipinski definition) is 1. The van der Waals surface area contributed by atoms with Gasteiger partial charge in [0.1, 0.15) is 28.5 Å². The van der Waals surface area contributed by atoms with Gasteiger partial charge in [0.2, 0.25) is 0 Å². The third-order valence-corrected chi connectivity index (χ3v) is 22.5. The Bertz CT molecular complexity index is 6310. The molecule has 1 spiro atoms. The second-order valence-electron chi connectivity index (χ2n) is 27.9. The molecule has 4 aliphatic rings. The Morgan fingerprint density at radius 3 is 1.68 bits per heavy atom. The van der Waals surface area contributed by atoms with Crippen molar-refractivity contribution in [2.24, 2.45) is 4.99 Å². The fraction of sp³-hybridized carbons (Fsp3) is 0.0947. The highest BCUT2D eigenvalue weighted by atomic mass is 35.5. The number of nitriles is 1. The molecule has 3 aromatic heterocycles. The van der Waals surface area contributed by atoms with Crippen LogP contribution in [-0.4, -0.2) is 15.7 Å². The fourth-order valence-electron chi connectivity index (χ4n) is 17.1. The second-order valence-corrected chi connectivity index (χ2v) is 28.4. The SMILES string of the molecule is N#Cc1ccc2c(c1)C1(CCCCC1)c1cc(-c3ccc(-c4ccc(-c5cc(-c6ccc7c(c6)oc6cc(-c8cccc9c8C(Cl)CC=C9c8ccc(C9=NC(c%10ccccc%10)NC(c%10ccc%11c(c%10)oc%10ccccc%10%11)=C9)cc8)ccc67)nc(-c6ccccc6)n5)cc4)c4ccccc34)ccc1-2. The van der Waals surface area contributed by atoms with Crippen molar-refractivity contribution in [3.63, 3.8) is 0 Å². The summed E-state index contributed by atoms with van der Waals surface area (Å²) in [7, 11) is 0. The number of rotatable bonds is 10. The van der Waals surface area contributed by atoms with Crippen LogP contribution in [0.5, 0.6) is 0 Å². The van der Waals surface area contributed by atoms with Gasteiger partial charge in [-0.25, -0.2) is 9.97 Å². The maximum atomic E-state index is 9.96. The summed E-state index contributed by atoms with van der Waals surface area (Å²) in [6.45, 7) is 0. The molecule has 0 amide bonds. The van der Waals surface area contributed by atoms with Crippen LogP contribution in [0.15, 0.2) is 311 Å². The minimum atomic E-state index is -0.283. The van der Waals surface area contributed by atoms with Crippen LogP contribution >= 0.6 is 11.6 Å². The van der Waals surface area contributed by atoms with E-state index in [1.54, 1.807) is 0 Å². The number of nitrogens with zero attached hydrogens (tertiary/aromatic N) is 4. The van der Waals surface area contributed by atoms with Crippen LogP contribution in [-0.2, 0) is 5.41 Å². The number of halogens is 1. The molecule has 1 fully saturated rings. The van der Waals surface area contributed by atoms with E-state index in [-0.39, 0.29) is 17.0 Å². The standard InChI is InChI=1S/C95H64ClN5O2/c96-83-46-45-69(59-28-32-61(33-29-59)85-54-86(100-93(99-85)62-15-4-1-5-16-62)66-36-41-77-76-21-10-11-24-88(76)102-90(77)52-66)80-23-14-22-71(92(80)83)65-35-40-78-79-42-37-67(53-91(79)103-89(78)51-65)87-55-84(98-94(101-87)63-17-6-2-7-18-63)60-30-26-58(27-31-60)68-43-44-70(73-20-9-8-19-72(68)73)64-34-39-75-74-38-25-57(56-97)49-81(74)95(82(75)50-64)47-12-3-13-48-95/h1-2,4-11,14-45,49-55,83,93,100H,3,12-13,46-48H2. The number of para-hydroxylation sites is 1. The van der Waals surface area contributed by atoms with Crippen molar-refractivity contribution in [1.82, 2.24) is 15.3 Å². The van der Waals surface area contributed by atoms with Crippen molar-refractivity contribution < 1.29 is 8.83 Å². The summed E-state index contributed by atoms with van der Waals surface area (Å²) in [4.78, 5) is 15.8.